The van der Waals surface area contributed by atoms with E-state index in [1.54, 1.807) is 7.11 Å². The average Bonchev–Trinajstić information content (AvgIpc) is 3.29. The molecule has 126 valence electrons. The van der Waals surface area contributed by atoms with E-state index in [0.717, 1.165) is 46.0 Å². The zero-order valence-electron chi connectivity index (χ0n) is 14.2. The van der Waals surface area contributed by atoms with E-state index in [-0.39, 0.29) is 0 Å². The van der Waals surface area contributed by atoms with Gasteiger partial charge in [-0.2, -0.15) is 0 Å². The maximum atomic E-state index is 7.42. The quantitative estimate of drug-likeness (QED) is 0.635. The fourth-order valence-electron chi connectivity index (χ4n) is 3.24. The molecule has 0 unspecified atom stereocenters. The summed E-state index contributed by atoms with van der Waals surface area (Å²) in [6.45, 7) is 11.4. The molecule has 5 nitrogen and oxygen atoms in total. The van der Waals surface area contributed by atoms with Crippen LogP contribution in [0.3, 0.4) is 0 Å². The van der Waals surface area contributed by atoms with Crippen LogP contribution in [0.5, 0.6) is 5.75 Å². The molecule has 0 N–H and O–H groups in total. The Bertz CT molecular complexity index is 966. The number of methoxy groups -OCH3 is 1. The summed E-state index contributed by atoms with van der Waals surface area (Å²) < 4.78 is 5.23. The second-order valence-electron chi connectivity index (χ2n) is 6.12. The molecule has 1 aromatic carbocycles. The highest BCUT2D eigenvalue weighted by Crippen LogP contribution is 2.42. The van der Waals surface area contributed by atoms with Crippen molar-refractivity contribution in [3.05, 3.63) is 41.2 Å². The van der Waals surface area contributed by atoms with Gasteiger partial charge in [0.15, 0.2) is 5.82 Å². The Morgan fingerprint density at radius 2 is 1.88 bits per heavy atom. The minimum Gasteiger partial charge on any atom is -0.497 e. The molecular weight excluding hydrogens is 332 g/mol. The SMILES string of the molecule is [C-]#[N+]c1sc2nc(-c3ccc(OC)cc3)nc(N3CCCC3)c2c1C. The fourth-order valence-corrected chi connectivity index (χ4v) is 4.20. The Labute approximate surface area is 150 Å². The molecule has 4 rings (SSSR count). The molecule has 1 saturated heterocycles. The predicted molar refractivity (Wildman–Crippen MR) is 102 cm³/mol. The summed E-state index contributed by atoms with van der Waals surface area (Å²) in [5.41, 5.74) is 1.96. The van der Waals surface area contributed by atoms with Crippen molar-refractivity contribution in [2.45, 2.75) is 19.8 Å². The topological polar surface area (TPSA) is 42.6 Å². The first-order chi connectivity index (χ1) is 12.2. The van der Waals surface area contributed by atoms with Gasteiger partial charge in [-0.3, -0.25) is 0 Å². The number of benzene rings is 1. The summed E-state index contributed by atoms with van der Waals surface area (Å²) in [6, 6.07) is 7.79. The van der Waals surface area contributed by atoms with Gasteiger partial charge in [-0.1, -0.05) is 0 Å². The molecule has 6 heteroatoms. The highest BCUT2D eigenvalue weighted by Gasteiger charge is 2.22. The molecule has 0 amide bonds. The number of anilines is 1. The van der Waals surface area contributed by atoms with E-state index >= 15 is 0 Å². The molecule has 1 fully saturated rings. The number of nitrogens with zero attached hydrogens (tertiary/aromatic N) is 4. The van der Waals surface area contributed by atoms with Crippen molar-refractivity contribution in [1.29, 1.82) is 0 Å². The van der Waals surface area contributed by atoms with Gasteiger partial charge in [-0.25, -0.2) is 14.8 Å². The van der Waals surface area contributed by atoms with Crippen molar-refractivity contribution in [2.24, 2.45) is 0 Å². The summed E-state index contributed by atoms with van der Waals surface area (Å²) in [5, 5.41) is 1.74. The molecular formula is C19H18N4OS. The number of ether oxygens (including phenoxy) is 1. The first-order valence-electron chi connectivity index (χ1n) is 8.29. The Balaban J connectivity index is 1.92. The van der Waals surface area contributed by atoms with Crippen molar-refractivity contribution < 1.29 is 4.74 Å². The standard InChI is InChI=1S/C19H18N4OS/c1-12-15-17(23-10-4-5-11-23)21-16(22-19(15)25-18(12)20-2)13-6-8-14(24-3)9-7-13/h6-9H,4-5,10-11H2,1,3H3. The van der Waals surface area contributed by atoms with E-state index in [4.69, 9.17) is 21.3 Å². The van der Waals surface area contributed by atoms with Gasteiger partial charge in [-0.05, 0) is 49.6 Å². The van der Waals surface area contributed by atoms with Crippen LogP contribution in [-0.2, 0) is 0 Å². The number of thiophene rings is 1. The molecule has 0 radical (unpaired) electrons. The van der Waals surface area contributed by atoms with Gasteiger partial charge in [0.25, 0.3) is 0 Å². The third-order valence-electron chi connectivity index (χ3n) is 4.60. The minimum atomic E-state index is 0.704. The van der Waals surface area contributed by atoms with Gasteiger partial charge < -0.3 is 9.64 Å². The van der Waals surface area contributed by atoms with Crippen molar-refractivity contribution in [3.8, 4) is 17.1 Å². The molecule has 25 heavy (non-hydrogen) atoms. The van der Waals surface area contributed by atoms with Crippen LogP contribution in [0.1, 0.15) is 18.4 Å². The number of hydrogen-bond acceptors (Lipinski definition) is 5. The fraction of sp³-hybridized carbons (Fsp3) is 0.316. The smallest absolute Gasteiger partial charge is 0.246 e. The molecule has 0 atom stereocenters. The summed E-state index contributed by atoms with van der Waals surface area (Å²) in [6.07, 6.45) is 2.37. The summed E-state index contributed by atoms with van der Waals surface area (Å²) in [7, 11) is 1.66. The maximum absolute atomic E-state index is 7.42. The first kappa shape index (κ1) is 15.9. The third-order valence-corrected chi connectivity index (χ3v) is 5.68. The van der Waals surface area contributed by atoms with Crippen LogP contribution in [0.15, 0.2) is 24.3 Å². The second-order valence-corrected chi connectivity index (χ2v) is 7.10. The molecule has 2 aromatic heterocycles. The zero-order chi connectivity index (χ0) is 17.4. The van der Waals surface area contributed by atoms with Crippen LogP contribution in [0, 0.1) is 13.5 Å². The predicted octanol–water partition coefficient (Wildman–Crippen LogP) is 4.83. The van der Waals surface area contributed by atoms with Gasteiger partial charge in [0.1, 0.15) is 16.4 Å². The zero-order valence-corrected chi connectivity index (χ0v) is 15.1. The number of rotatable bonds is 3. The van der Waals surface area contributed by atoms with Gasteiger partial charge in [0, 0.05) is 24.0 Å². The van der Waals surface area contributed by atoms with E-state index in [1.165, 1.54) is 24.2 Å². The van der Waals surface area contributed by atoms with E-state index < -0.39 is 0 Å². The van der Waals surface area contributed by atoms with Gasteiger partial charge in [-0.15, -0.1) is 11.3 Å². The minimum absolute atomic E-state index is 0.704. The van der Waals surface area contributed by atoms with E-state index in [2.05, 4.69) is 9.74 Å². The Morgan fingerprint density at radius 1 is 1.16 bits per heavy atom. The lowest BCUT2D eigenvalue weighted by molar-refractivity contribution is 0.415. The summed E-state index contributed by atoms with van der Waals surface area (Å²) >= 11 is 1.46. The van der Waals surface area contributed by atoms with Crippen LogP contribution in [0.2, 0.25) is 0 Å². The van der Waals surface area contributed by atoms with Gasteiger partial charge in [0.2, 0.25) is 5.00 Å². The van der Waals surface area contributed by atoms with Gasteiger partial charge in [0.05, 0.1) is 13.7 Å². The van der Waals surface area contributed by atoms with Crippen LogP contribution in [0.25, 0.3) is 26.4 Å². The van der Waals surface area contributed by atoms with Crippen molar-refractivity contribution in [2.75, 3.05) is 25.1 Å². The number of aromatic nitrogens is 2. The molecule has 0 bridgehead atoms. The average molecular weight is 350 g/mol. The first-order valence-corrected chi connectivity index (χ1v) is 9.11. The lowest BCUT2D eigenvalue weighted by Crippen LogP contribution is -2.19. The Kier molecular flexibility index (Phi) is 4.02. The molecule has 3 aromatic rings. The van der Waals surface area contributed by atoms with Crippen LogP contribution >= 0.6 is 11.3 Å². The van der Waals surface area contributed by atoms with Gasteiger partial charge >= 0.3 is 0 Å². The summed E-state index contributed by atoms with van der Waals surface area (Å²) in [4.78, 5) is 16.5. The largest absolute Gasteiger partial charge is 0.497 e. The highest BCUT2D eigenvalue weighted by atomic mass is 32.1. The van der Waals surface area contributed by atoms with Crippen molar-refractivity contribution >= 4 is 32.4 Å². The van der Waals surface area contributed by atoms with Crippen LogP contribution < -0.4 is 9.64 Å². The van der Waals surface area contributed by atoms with Crippen molar-refractivity contribution in [1.82, 2.24) is 9.97 Å². The number of aryl methyl sites for hydroxylation is 1. The van der Waals surface area contributed by atoms with E-state index in [1.807, 2.05) is 31.2 Å². The summed E-state index contributed by atoms with van der Waals surface area (Å²) in [5.74, 6) is 2.48. The molecule has 0 saturated carbocycles. The Hall–Kier alpha value is -2.65. The monoisotopic (exact) mass is 350 g/mol. The molecule has 1 aliphatic rings. The lowest BCUT2D eigenvalue weighted by Gasteiger charge is -2.19. The van der Waals surface area contributed by atoms with E-state index in [9.17, 15) is 0 Å². The third kappa shape index (κ3) is 2.71. The number of fused-ring (bicyclic) bond motifs is 1. The Morgan fingerprint density at radius 3 is 2.52 bits per heavy atom. The van der Waals surface area contributed by atoms with Crippen LogP contribution in [0.4, 0.5) is 10.8 Å². The maximum Gasteiger partial charge on any atom is 0.246 e. The lowest BCUT2D eigenvalue weighted by atomic mass is 10.2. The molecule has 0 aliphatic carbocycles. The second kappa shape index (κ2) is 6.34. The molecule has 3 heterocycles. The highest BCUT2D eigenvalue weighted by molar-refractivity contribution is 7.22. The normalized spacial score (nSPS) is 14.0. The number of hydrogen-bond donors (Lipinski definition) is 0. The van der Waals surface area contributed by atoms with Crippen molar-refractivity contribution in [3.63, 3.8) is 0 Å². The van der Waals surface area contributed by atoms with Crippen LogP contribution in [-0.4, -0.2) is 30.2 Å². The van der Waals surface area contributed by atoms with E-state index in [0.29, 0.717) is 10.8 Å². The molecule has 0 spiro atoms. The molecule has 1 aliphatic heterocycles.